The molecule has 0 amide bonds. The molecule has 0 atom stereocenters. The number of aryl methyl sites for hydroxylation is 1. The van der Waals surface area contributed by atoms with Gasteiger partial charge < -0.3 is 0 Å². The van der Waals surface area contributed by atoms with Crippen LogP contribution in [0.2, 0.25) is 10.0 Å². The molecule has 6 heteroatoms. The summed E-state index contributed by atoms with van der Waals surface area (Å²) in [6, 6.07) is 14.5. The molecule has 0 aromatic heterocycles. The second-order valence-corrected chi connectivity index (χ2v) is 7.63. The number of benzene rings is 2. The lowest BCUT2D eigenvalue weighted by Gasteiger charge is -2.08. The Bertz CT molecular complexity index is 715. The first-order valence-electron chi connectivity index (χ1n) is 6.91. The van der Waals surface area contributed by atoms with Crippen molar-refractivity contribution >= 4 is 33.2 Å². The number of halogens is 2. The first-order valence-corrected chi connectivity index (χ1v) is 9.32. The van der Waals surface area contributed by atoms with Gasteiger partial charge in [-0.2, -0.15) is 0 Å². The highest BCUT2D eigenvalue weighted by molar-refractivity contribution is 7.88. The molecule has 0 heterocycles. The Balaban J connectivity index is 1.80. The molecule has 2 aromatic rings. The van der Waals surface area contributed by atoms with Gasteiger partial charge in [-0.05, 0) is 42.2 Å². The lowest BCUT2D eigenvalue weighted by molar-refractivity contribution is 0.578. The van der Waals surface area contributed by atoms with Crippen molar-refractivity contribution in [3.05, 3.63) is 69.7 Å². The van der Waals surface area contributed by atoms with Crippen LogP contribution in [0.5, 0.6) is 0 Å². The molecule has 3 nitrogen and oxygen atoms in total. The molecule has 0 saturated heterocycles. The van der Waals surface area contributed by atoms with Crippen molar-refractivity contribution in [1.82, 2.24) is 4.72 Å². The van der Waals surface area contributed by atoms with Gasteiger partial charge in [0.25, 0.3) is 0 Å². The number of nitrogens with one attached hydrogen (secondary N) is 1. The van der Waals surface area contributed by atoms with Gasteiger partial charge in [0.05, 0.1) is 5.75 Å². The zero-order valence-electron chi connectivity index (χ0n) is 11.9. The van der Waals surface area contributed by atoms with Crippen molar-refractivity contribution in [2.75, 3.05) is 6.54 Å². The van der Waals surface area contributed by atoms with Crippen LogP contribution in [0, 0.1) is 0 Å². The van der Waals surface area contributed by atoms with E-state index in [1.165, 1.54) is 0 Å². The van der Waals surface area contributed by atoms with Gasteiger partial charge in [-0.1, -0.05) is 53.5 Å². The number of hydrogen-bond donors (Lipinski definition) is 1. The van der Waals surface area contributed by atoms with Crippen molar-refractivity contribution in [2.24, 2.45) is 0 Å². The van der Waals surface area contributed by atoms with E-state index in [1.807, 2.05) is 24.3 Å². The van der Waals surface area contributed by atoms with E-state index in [-0.39, 0.29) is 5.75 Å². The van der Waals surface area contributed by atoms with E-state index in [0.29, 0.717) is 22.2 Å². The highest BCUT2D eigenvalue weighted by Gasteiger charge is 2.12. The van der Waals surface area contributed by atoms with Gasteiger partial charge in [0.2, 0.25) is 10.0 Å². The summed E-state index contributed by atoms with van der Waals surface area (Å²) in [7, 11) is -3.37. The number of hydrogen-bond acceptors (Lipinski definition) is 2. The molecule has 0 aliphatic heterocycles. The summed E-state index contributed by atoms with van der Waals surface area (Å²) in [6.07, 6.45) is 1.52. The van der Waals surface area contributed by atoms with E-state index >= 15 is 0 Å². The Labute approximate surface area is 141 Å². The summed E-state index contributed by atoms with van der Waals surface area (Å²) in [6.45, 7) is 0.398. The third-order valence-corrected chi connectivity index (χ3v) is 5.14. The van der Waals surface area contributed by atoms with Crippen LogP contribution >= 0.6 is 23.2 Å². The molecule has 22 heavy (non-hydrogen) atoms. The molecule has 0 unspecified atom stereocenters. The molecule has 2 rings (SSSR count). The predicted octanol–water partition coefficient (Wildman–Crippen LogP) is 4.05. The molecular weight excluding hydrogens is 341 g/mol. The summed E-state index contributed by atoms with van der Waals surface area (Å²) in [4.78, 5) is 0. The average Bonchev–Trinajstić information content (AvgIpc) is 2.48. The van der Waals surface area contributed by atoms with E-state index in [0.717, 1.165) is 18.4 Å². The van der Waals surface area contributed by atoms with Gasteiger partial charge in [-0.3, -0.25) is 0 Å². The van der Waals surface area contributed by atoms with Crippen LogP contribution in [0.4, 0.5) is 0 Å². The van der Waals surface area contributed by atoms with Crippen LogP contribution in [-0.4, -0.2) is 15.0 Å². The van der Waals surface area contributed by atoms with Crippen LogP contribution in [-0.2, 0) is 22.2 Å². The minimum atomic E-state index is -3.37. The third-order valence-electron chi connectivity index (χ3n) is 3.18. The molecule has 1 N–H and O–H groups in total. The maximum Gasteiger partial charge on any atom is 0.215 e. The Morgan fingerprint density at radius 2 is 1.64 bits per heavy atom. The minimum absolute atomic E-state index is 0.104. The molecule has 0 aliphatic carbocycles. The highest BCUT2D eigenvalue weighted by Crippen LogP contribution is 2.17. The summed E-state index contributed by atoms with van der Waals surface area (Å²) in [5, 5.41) is 1.17. The van der Waals surface area contributed by atoms with Crippen molar-refractivity contribution in [2.45, 2.75) is 18.6 Å². The lowest BCUT2D eigenvalue weighted by Crippen LogP contribution is -2.26. The Morgan fingerprint density at radius 1 is 0.955 bits per heavy atom. The van der Waals surface area contributed by atoms with Crippen LogP contribution in [0.25, 0.3) is 0 Å². The Morgan fingerprint density at radius 3 is 2.32 bits per heavy atom. The van der Waals surface area contributed by atoms with Crippen molar-refractivity contribution < 1.29 is 8.42 Å². The molecule has 118 valence electrons. The highest BCUT2D eigenvalue weighted by atomic mass is 35.5. The Kier molecular flexibility index (Phi) is 6.26. The predicted molar refractivity (Wildman–Crippen MR) is 91.9 cm³/mol. The summed E-state index contributed by atoms with van der Waals surface area (Å²) < 4.78 is 26.6. The van der Waals surface area contributed by atoms with Crippen molar-refractivity contribution in [3.8, 4) is 0 Å². The van der Waals surface area contributed by atoms with Gasteiger partial charge in [0.15, 0.2) is 0 Å². The summed E-state index contributed by atoms with van der Waals surface area (Å²) in [5.41, 5.74) is 1.74. The van der Waals surface area contributed by atoms with Crippen LogP contribution < -0.4 is 4.72 Å². The normalized spacial score (nSPS) is 11.5. The van der Waals surface area contributed by atoms with Crippen LogP contribution in [0.15, 0.2) is 48.5 Å². The van der Waals surface area contributed by atoms with Gasteiger partial charge in [-0.15, -0.1) is 0 Å². The molecule has 0 radical (unpaired) electrons. The van der Waals surface area contributed by atoms with Gasteiger partial charge in [0, 0.05) is 16.6 Å². The zero-order chi connectivity index (χ0) is 16.0. The monoisotopic (exact) mass is 357 g/mol. The van der Waals surface area contributed by atoms with Gasteiger partial charge in [-0.25, -0.2) is 13.1 Å². The lowest BCUT2D eigenvalue weighted by atomic mass is 10.1. The zero-order valence-corrected chi connectivity index (χ0v) is 14.3. The van der Waals surface area contributed by atoms with E-state index in [9.17, 15) is 8.42 Å². The summed E-state index contributed by atoms with van der Waals surface area (Å²) >= 11 is 11.8. The van der Waals surface area contributed by atoms with E-state index in [1.54, 1.807) is 24.3 Å². The average molecular weight is 358 g/mol. The quantitative estimate of drug-likeness (QED) is 0.759. The molecule has 0 bridgehead atoms. The number of rotatable bonds is 7. The van der Waals surface area contributed by atoms with Crippen molar-refractivity contribution in [1.29, 1.82) is 0 Å². The SMILES string of the molecule is O=S(=O)(Cc1ccccc1Cl)NCCCc1ccc(Cl)cc1. The van der Waals surface area contributed by atoms with Crippen LogP contribution in [0.3, 0.4) is 0 Å². The molecular formula is C16H17Cl2NO2S. The number of sulfonamides is 1. The smallest absolute Gasteiger partial charge is 0.215 e. The first kappa shape index (κ1) is 17.3. The van der Waals surface area contributed by atoms with E-state index in [2.05, 4.69) is 4.72 Å². The second kappa shape index (κ2) is 7.97. The molecule has 0 fully saturated rings. The van der Waals surface area contributed by atoms with Crippen molar-refractivity contribution in [3.63, 3.8) is 0 Å². The van der Waals surface area contributed by atoms with Crippen LogP contribution in [0.1, 0.15) is 17.5 Å². The van der Waals surface area contributed by atoms with Gasteiger partial charge in [0.1, 0.15) is 0 Å². The maximum atomic E-state index is 12.0. The fourth-order valence-electron chi connectivity index (χ4n) is 2.04. The summed E-state index contributed by atoms with van der Waals surface area (Å²) in [5.74, 6) is -0.104. The molecule has 0 saturated carbocycles. The maximum absolute atomic E-state index is 12.0. The molecule has 0 aliphatic rings. The van der Waals surface area contributed by atoms with E-state index < -0.39 is 10.0 Å². The standard InChI is InChI=1S/C16H17Cl2NO2S/c17-15-9-7-13(8-10-15)4-3-11-19-22(20,21)12-14-5-1-2-6-16(14)18/h1-2,5-10,19H,3-4,11-12H2. The fraction of sp³-hybridized carbons (Fsp3) is 0.250. The first-order chi connectivity index (χ1) is 10.5. The minimum Gasteiger partial charge on any atom is -0.215 e. The Hall–Kier alpha value is -1.07. The largest absolute Gasteiger partial charge is 0.215 e. The molecule has 2 aromatic carbocycles. The second-order valence-electron chi connectivity index (χ2n) is 4.97. The van der Waals surface area contributed by atoms with E-state index in [4.69, 9.17) is 23.2 Å². The van der Waals surface area contributed by atoms with Gasteiger partial charge >= 0.3 is 0 Å². The third kappa shape index (κ3) is 5.61. The molecule has 0 spiro atoms. The topological polar surface area (TPSA) is 46.2 Å². The fourth-order valence-corrected chi connectivity index (χ4v) is 3.67.